The summed E-state index contributed by atoms with van der Waals surface area (Å²) >= 11 is 0. The van der Waals surface area contributed by atoms with Crippen molar-refractivity contribution >= 4 is 6.03 Å². The van der Waals surface area contributed by atoms with Gasteiger partial charge in [0, 0.05) is 19.0 Å². The quantitative estimate of drug-likeness (QED) is 0.728. The molecule has 2 N–H and O–H groups in total. The third-order valence-corrected chi connectivity index (χ3v) is 2.56. The number of benzene rings is 1. The summed E-state index contributed by atoms with van der Waals surface area (Å²) in [4.78, 5) is 11.0. The number of hydrogen-bond donors (Lipinski definition) is 2. The number of rotatable bonds is 2. The molecule has 1 aliphatic carbocycles. The van der Waals surface area contributed by atoms with Gasteiger partial charge in [0.25, 0.3) is 0 Å². The van der Waals surface area contributed by atoms with E-state index in [9.17, 15) is 4.79 Å². The van der Waals surface area contributed by atoms with Crippen LogP contribution in [-0.2, 0) is 0 Å². The Bertz CT molecular complexity index is 323. The van der Waals surface area contributed by atoms with Crippen molar-refractivity contribution in [1.82, 2.24) is 10.6 Å². The van der Waals surface area contributed by atoms with Crippen molar-refractivity contribution in [2.24, 2.45) is 0 Å². The van der Waals surface area contributed by atoms with Gasteiger partial charge in [-0.15, -0.1) is 0 Å². The van der Waals surface area contributed by atoms with Gasteiger partial charge in [0.2, 0.25) is 0 Å². The maximum atomic E-state index is 11.0. The van der Waals surface area contributed by atoms with E-state index in [1.165, 1.54) is 5.56 Å². The lowest BCUT2D eigenvalue weighted by Gasteiger charge is -2.03. The van der Waals surface area contributed by atoms with Gasteiger partial charge in [-0.2, -0.15) is 0 Å². The molecule has 0 heterocycles. The second kappa shape index (κ2) is 3.70. The molecule has 0 radical (unpaired) electrons. The fraction of sp³-hybridized carbons (Fsp3) is 0.364. The molecule has 0 aromatic heterocycles. The van der Waals surface area contributed by atoms with Gasteiger partial charge in [0.1, 0.15) is 0 Å². The van der Waals surface area contributed by atoms with Gasteiger partial charge in [-0.1, -0.05) is 30.3 Å². The Morgan fingerprint density at radius 3 is 2.71 bits per heavy atom. The van der Waals surface area contributed by atoms with Gasteiger partial charge in [0.05, 0.1) is 0 Å². The smallest absolute Gasteiger partial charge is 0.314 e. The topological polar surface area (TPSA) is 41.1 Å². The minimum Gasteiger partial charge on any atom is -0.341 e. The van der Waals surface area contributed by atoms with Crippen LogP contribution in [0.5, 0.6) is 0 Å². The fourth-order valence-corrected chi connectivity index (χ4v) is 1.66. The summed E-state index contributed by atoms with van der Waals surface area (Å²) in [6, 6.07) is 10.5. The Morgan fingerprint density at radius 1 is 1.36 bits per heavy atom. The summed E-state index contributed by atoms with van der Waals surface area (Å²) in [7, 11) is 1.63. The van der Waals surface area contributed by atoms with E-state index < -0.39 is 0 Å². The molecule has 1 fully saturated rings. The number of amides is 2. The van der Waals surface area contributed by atoms with E-state index in [1.54, 1.807) is 7.05 Å². The summed E-state index contributed by atoms with van der Waals surface area (Å²) in [5, 5.41) is 5.46. The van der Waals surface area contributed by atoms with Gasteiger partial charge in [-0.05, 0) is 12.0 Å². The van der Waals surface area contributed by atoms with Crippen LogP contribution < -0.4 is 10.6 Å². The van der Waals surface area contributed by atoms with Gasteiger partial charge >= 0.3 is 6.03 Å². The van der Waals surface area contributed by atoms with Crippen LogP contribution in [0, 0.1) is 0 Å². The summed E-state index contributed by atoms with van der Waals surface area (Å²) < 4.78 is 0. The highest BCUT2D eigenvalue weighted by Gasteiger charge is 2.39. The molecule has 1 aliphatic rings. The van der Waals surface area contributed by atoms with Crippen molar-refractivity contribution in [2.45, 2.75) is 18.4 Å². The number of carbonyl (C=O) groups is 1. The van der Waals surface area contributed by atoms with Gasteiger partial charge in [0.15, 0.2) is 0 Å². The highest BCUT2D eigenvalue weighted by atomic mass is 16.2. The van der Waals surface area contributed by atoms with Crippen molar-refractivity contribution in [3.05, 3.63) is 35.9 Å². The third-order valence-electron chi connectivity index (χ3n) is 2.56. The van der Waals surface area contributed by atoms with Crippen LogP contribution in [0.25, 0.3) is 0 Å². The third kappa shape index (κ3) is 1.87. The van der Waals surface area contributed by atoms with Crippen LogP contribution in [0.1, 0.15) is 17.9 Å². The maximum Gasteiger partial charge on any atom is 0.314 e. The van der Waals surface area contributed by atoms with Crippen LogP contribution in [0.3, 0.4) is 0 Å². The lowest BCUT2D eigenvalue weighted by atomic mass is 10.1. The number of hydrogen-bond acceptors (Lipinski definition) is 1. The van der Waals surface area contributed by atoms with E-state index in [2.05, 4.69) is 22.8 Å². The predicted molar refractivity (Wildman–Crippen MR) is 55.2 cm³/mol. The van der Waals surface area contributed by atoms with Crippen LogP contribution >= 0.6 is 0 Å². The molecule has 14 heavy (non-hydrogen) atoms. The van der Waals surface area contributed by atoms with Crippen molar-refractivity contribution in [3.63, 3.8) is 0 Å². The standard InChI is InChI=1S/C11H14N2O/c1-12-11(14)13-10-7-9(10)8-5-3-2-4-6-8/h2-6,9-10H,7H2,1H3,(H2,12,13,14)/t9-,10+/m0/s1. The van der Waals surface area contributed by atoms with E-state index in [1.807, 2.05) is 18.2 Å². The maximum absolute atomic E-state index is 11.0. The Labute approximate surface area is 83.5 Å². The zero-order valence-corrected chi connectivity index (χ0v) is 8.16. The zero-order chi connectivity index (χ0) is 9.97. The molecule has 3 nitrogen and oxygen atoms in total. The molecule has 0 saturated heterocycles. The summed E-state index contributed by atoms with van der Waals surface area (Å²) in [5.41, 5.74) is 1.31. The molecule has 2 rings (SSSR count). The van der Waals surface area contributed by atoms with Crippen molar-refractivity contribution in [2.75, 3.05) is 7.05 Å². The van der Waals surface area contributed by atoms with Crippen LogP contribution in [0.2, 0.25) is 0 Å². The van der Waals surface area contributed by atoms with Crippen molar-refractivity contribution in [3.8, 4) is 0 Å². The van der Waals surface area contributed by atoms with Crippen LogP contribution in [0.15, 0.2) is 30.3 Å². The summed E-state index contributed by atoms with van der Waals surface area (Å²) in [6.45, 7) is 0. The first-order valence-corrected chi connectivity index (χ1v) is 4.84. The molecule has 74 valence electrons. The minimum atomic E-state index is -0.0894. The predicted octanol–water partition coefficient (Wildman–Crippen LogP) is 1.47. The molecule has 2 amide bonds. The van der Waals surface area contributed by atoms with Gasteiger partial charge in [-0.25, -0.2) is 4.79 Å². The Hall–Kier alpha value is -1.51. The first kappa shape index (κ1) is 9.06. The Kier molecular flexibility index (Phi) is 2.39. The first-order chi connectivity index (χ1) is 6.81. The first-order valence-electron chi connectivity index (χ1n) is 4.84. The second-order valence-electron chi connectivity index (χ2n) is 3.58. The average Bonchev–Trinajstić information content (AvgIpc) is 2.98. The van der Waals surface area contributed by atoms with E-state index in [4.69, 9.17) is 0 Å². The largest absolute Gasteiger partial charge is 0.341 e. The molecule has 3 heteroatoms. The SMILES string of the molecule is CNC(=O)N[C@@H]1C[C@H]1c1ccccc1. The number of nitrogens with one attached hydrogen (secondary N) is 2. The number of carbonyl (C=O) groups excluding carboxylic acids is 1. The lowest BCUT2D eigenvalue weighted by molar-refractivity contribution is 0.242. The highest BCUT2D eigenvalue weighted by Crippen LogP contribution is 2.40. The normalized spacial score (nSPS) is 24.1. The summed E-state index contributed by atoms with van der Waals surface area (Å²) in [6.07, 6.45) is 1.05. The van der Waals surface area contributed by atoms with E-state index >= 15 is 0 Å². The molecule has 0 aliphatic heterocycles. The molecule has 2 atom stereocenters. The van der Waals surface area contributed by atoms with Gasteiger partial charge < -0.3 is 10.6 Å². The van der Waals surface area contributed by atoms with Crippen LogP contribution in [-0.4, -0.2) is 19.1 Å². The van der Waals surface area contributed by atoms with E-state index in [-0.39, 0.29) is 6.03 Å². The van der Waals surface area contributed by atoms with E-state index in [0.717, 1.165) is 6.42 Å². The van der Waals surface area contributed by atoms with Crippen LogP contribution in [0.4, 0.5) is 4.79 Å². The number of urea groups is 1. The molecular formula is C11H14N2O. The highest BCUT2D eigenvalue weighted by molar-refractivity contribution is 5.74. The molecule has 0 spiro atoms. The average molecular weight is 190 g/mol. The van der Waals surface area contributed by atoms with E-state index in [0.29, 0.717) is 12.0 Å². The molecule has 0 unspecified atom stereocenters. The Balaban J connectivity index is 1.91. The molecular weight excluding hydrogens is 176 g/mol. The fourth-order valence-electron chi connectivity index (χ4n) is 1.66. The van der Waals surface area contributed by atoms with Gasteiger partial charge in [-0.3, -0.25) is 0 Å². The lowest BCUT2D eigenvalue weighted by Crippen LogP contribution is -2.34. The zero-order valence-electron chi connectivity index (χ0n) is 8.16. The molecule has 0 bridgehead atoms. The molecule has 1 aromatic rings. The Morgan fingerprint density at radius 2 is 2.07 bits per heavy atom. The van der Waals surface area contributed by atoms with Crippen molar-refractivity contribution in [1.29, 1.82) is 0 Å². The molecule has 1 saturated carbocycles. The minimum absolute atomic E-state index is 0.0894. The van der Waals surface area contributed by atoms with Crippen molar-refractivity contribution < 1.29 is 4.79 Å². The summed E-state index contributed by atoms with van der Waals surface area (Å²) in [5.74, 6) is 0.508. The second-order valence-corrected chi connectivity index (χ2v) is 3.58. The monoisotopic (exact) mass is 190 g/mol. The molecule has 1 aromatic carbocycles.